The van der Waals surface area contributed by atoms with Crippen molar-refractivity contribution in [1.29, 1.82) is 0 Å². The van der Waals surface area contributed by atoms with E-state index >= 15 is 0 Å². The van der Waals surface area contributed by atoms with Crippen LogP contribution in [0.15, 0.2) is 41.4 Å². The molecule has 0 atom stereocenters. The molecule has 1 aromatic heterocycles. The van der Waals surface area contributed by atoms with Gasteiger partial charge in [0.15, 0.2) is 0 Å². The van der Waals surface area contributed by atoms with Crippen LogP contribution in [-0.4, -0.2) is 40.6 Å². The maximum absolute atomic E-state index is 13.0. The van der Waals surface area contributed by atoms with Crippen molar-refractivity contribution in [3.05, 3.63) is 36.5 Å². The molecule has 0 saturated heterocycles. The first-order chi connectivity index (χ1) is 11.8. The van der Waals surface area contributed by atoms with Crippen LogP contribution in [0.25, 0.3) is 0 Å². The summed E-state index contributed by atoms with van der Waals surface area (Å²) in [6.07, 6.45) is 1.42. The van der Waals surface area contributed by atoms with E-state index in [9.17, 15) is 13.2 Å². The van der Waals surface area contributed by atoms with Crippen molar-refractivity contribution in [2.24, 2.45) is 0 Å². The third kappa shape index (κ3) is 4.00. The first-order valence-electron chi connectivity index (χ1n) is 7.24. The molecule has 0 bridgehead atoms. The van der Waals surface area contributed by atoms with Crippen LogP contribution in [0.5, 0.6) is 11.5 Å². The highest BCUT2D eigenvalue weighted by Crippen LogP contribution is 2.31. The number of benzene rings is 1. The highest BCUT2D eigenvalue weighted by molar-refractivity contribution is 7.92. The van der Waals surface area contributed by atoms with Crippen molar-refractivity contribution < 1.29 is 22.7 Å². The van der Waals surface area contributed by atoms with Gasteiger partial charge < -0.3 is 14.8 Å². The van der Waals surface area contributed by atoms with Crippen LogP contribution in [0.2, 0.25) is 0 Å². The minimum atomic E-state index is -3.96. The summed E-state index contributed by atoms with van der Waals surface area (Å²) in [7, 11) is 0.293. The third-order valence-electron chi connectivity index (χ3n) is 3.40. The van der Waals surface area contributed by atoms with Crippen LogP contribution in [-0.2, 0) is 14.8 Å². The molecule has 0 radical (unpaired) electrons. The molecular weight excluding hydrogens is 346 g/mol. The van der Waals surface area contributed by atoms with E-state index in [0.29, 0.717) is 11.4 Å². The Morgan fingerprint density at radius 3 is 2.40 bits per heavy atom. The van der Waals surface area contributed by atoms with E-state index in [-0.39, 0.29) is 22.4 Å². The van der Waals surface area contributed by atoms with Crippen molar-refractivity contribution in [1.82, 2.24) is 4.98 Å². The van der Waals surface area contributed by atoms with E-state index in [4.69, 9.17) is 9.47 Å². The number of nitrogens with zero attached hydrogens (tertiary/aromatic N) is 2. The Morgan fingerprint density at radius 2 is 1.88 bits per heavy atom. The molecule has 1 heterocycles. The van der Waals surface area contributed by atoms with Gasteiger partial charge in [-0.15, -0.1) is 0 Å². The molecule has 1 N–H and O–H groups in total. The van der Waals surface area contributed by atoms with Gasteiger partial charge in [0.1, 0.15) is 22.2 Å². The summed E-state index contributed by atoms with van der Waals surface area (Å²) >= 11 is 0. The maximum Gasteiger partial charge on any atom is 0.269 e. The van der Waals surface area contributed by atoms with E-state index in [1.165, 1.54) is 52.6 Å². The van der Waals surface area contributed by atoms with Gasteiger partial charge in [0.05, 0.1) is 20.4 Å². The summed E-state index contributed by atoms with van der Waals surface area (Å²) in [6.45, 7) is 1.34. The van der Waals surface area contributed by atoms with Crippen molar-refractivity contribution in [3.63, 3.8) is 0 Å². The Morgan fingerprint density at radius 1 is 1.16 bits per heavy atom. The van der Waals surface area contributed by atoms with E-state index in [0.717, 1.165) is 4.31 Å². The molecule has 25 heavy (non-hydrogen) atoms. The minimum Gasteiger partial charge on any atom is -0.495 e. The number of nitrogens with one attached hydrogen (secondary N) is 1. The van der Waals surface area contributed by atoms with Crippen molar-refractivity contribution in [2.75, 3.05) is 30.9 Å². The second-order valence-electron chi connectivity index (χ2n) is 5.08. The van der Waals surface area contributed by atoms with E-state index in [1.54, 1.807) is 12.1 Å². The zero-order valence-corrected chi connectivity index (χ0v) is 15.1. The number of hydrogen-bond acceptors (Lipinski definition) is 6. The van der Waals surface area contributed by atoms with Crippen LogP contribution in [0.1, 0.15) is 6.92 Å². The average Bonchev–Trinajstić information content (AvgIpc) is 2.60. The number of sulfonamides is 1. The first kappa shape index (κ1) is 18.5. The number of carbonyl (C=O) groups excluding carboxylic acids is 1. The Balaban J connectivity index is 2.47. The Bertz CT molecular complexity index is 866. The van der Waals surface area contributed by atoms with E-state index in [1.807, 2.05) is 0 Å². The lowest BCUT2D eigenvalue weighted by Crippen LogP contribution is -2.28. The van der Waals surface area contributed by atoms with Crippen LogP contribution >= 0.6 is 0 Å². The molecule has 0 saturated carbocycles. The quantitative estimate of drug-likeness (QED) is 0.839. The number of pyridine rings is 1. The second kappa shape index (κ2) is 7.39. The molecule has 0 unspecified atom stereocenters. The number of carbonyl (C=O) groups is 1. The van der Waals surface area contributed by atoms with Crippen molar-refractivity contribution >= 4 is 27.4 Å². The van der Waals surface area contributed by atoms with Gasteiger partial charge in [-0.2, -0.15) is 0 Å². The lowest BCUT2D eigenvalue weighted by atomic mass is 10.3. The number of anilines is 2. The van der Waals surface area contributed by atoms with Gasteiger partial charge in [0.25, 0.3) is 10.0 Å². The molecule has 2 rings (SSSR count). The Kier molecular flexibility index (Phi) is 5.48. The molecule has 0 aliphatic carbocycles. The molecule has 0 spiro atoms. The predicted octanol–water partition coefficient (Wildman–Crippen LogP) is 1.88. The monoisotopic (exact) mass is 365 g/mol. The minimum absolute atomic E-state index is 0.0821. The summed E-state index contributed by atoms with van der Waals surface area (Å²) in [5, 5.41) is 2.55. The van der Waals surface area contributed by atoms with Gasteiger partial charge in [-0.25, -0.2) is 13.4 Å². The van der Waals surface area contributed by atoms with Crippen LogP contribution in [0.4, 0.5) is 11.5 Å². The lowest BCUT2D eigenvalue weighted by molar-refractivity contribution is -0.114. The molecule has 134 valence electrons. The van der Waals surface area contributed by atoms with Gasteiger partial charge in [0.2, 0.25) is 5.91 Å². The number of aromatic nitrogens is 1. The third-order valence-corrected chi connectivity index (χ3v) is 5.18. The predicted molar refractivity (Wildman–Crippen MR) is 93.7 cm³/mol. The fourth-order valence-electron chi connectivity index (χ4n) is 2.11. The smallest absolute Gasteiger partial charge is 0.269 e. The molecule has 9 heteroatoms. The molecule has 1 amide bonds. The number of rotatable bonds is 6. The molecule has 0 aliphatic heterocycles. The fourth-order valence-corrected chi connectivity index (χ4v) is 3.44. The number of hydrogen-bond donors (Lipinski definition) is 1. The molecule has 8 nitrogen and oxygen atoms in total. The molecular formula is C16H19N3O5S. The first-order valence-corrected chi connectivity index (χ1v) is 8.68. The summed E-state index contributed by atoms with van der Waals surface area (Å²) in [6, 6.07) is 7.52. The lowest BCUT2D eigenvalue weighted by Gasteiger charge is -2.20. The zero-order valence-electron chi connectivity index (χ0n) is 14.3. The van der Waals surface area contributed by atoms with Gasteiger partial charge in [-0.1, -0.05) is 0 Å². The van der Waals surface area contributed by atoms with Crippen LogP contribution < -0.4 is 19.1 Å². The molecule has 2 aromatic rings. The largest absolute Gasteiger partial charge is 0.495 e. The van der Waals surface area contributed by atoms with E-state index < -0.39 is 10.0 Å². The molecule has 1 aromatic carbocycles. The zero-order chi connectivity index (χ0) is 18.6. The number of ether oxygens (including phenoxy) is 2. The maximum atomic E-state index is 13.0. The molecule has 0 aliphatic rings. The van der Waals surface area contributed by atoms with Gasteiger partial charge in [0, 0.05) is 19.7 Å². The molecule has 0 fully saturated rings. The van der Waals surface area contributed by atoms with E-state index in [2.05, 4.69) is 10.3 Å². The second-order valence-corrected chi connectivity index (χ2v) is 7.01. The van der Waals surface area contributed by atoms with Gasteiger partial charge in [-0.05, 0) is 30.3 Å². The fraction of sp³-hybridized carbons (Fsp3) is 0.250. The van der Waals surface area contributed by atoms with Crippen molar-refractivity contribution in [2.45, 2.75) is 11.8 Å². The van der Waals surface area contributed by atoms with Crippen LogP contribution in [0.3, 0.4) is 0 Å². The Hall–Kier alpha value is -2.81. The number of amides is 1. The van der Waals surface area contributed by atoms with Gasteiger partial charge in [-0.3, -0.25) is 9.10 Å². The van der Waals surface area contributed by atoms with Gasteiger partial charge >= 0.3 is 0 Å². The normalized spacial score (nSPS) is 10.9. The summed E-state index contributed by atoms with van der Waals surface area (Å²) < 4.78 is 37.1. The topological polar surface area (TPSA) is 97.8 Å². The highest BCUT2D eigenvalue weighted by Gasteiger charge is 2.26. The Labute approximate surface area is 146 Å². The summed E-state index contributed by atoms with van der Waals surface area (Å²) in [5.74, 6) is 0.584. The highest BCUT2D eigenvalue weighted by atomic mass is 32.2. The van der Waals surface area contributed by atoms with Crippen molar-refractivity contribution in [3.8, 4) is 11.5 Å². The standard InChI is InChI=1S/C16H19N3O5S/c1-11(20)18-12-5-7-14(24-4)15(9-12)25(21,22)19(2)16-8-6-13(23-3)10-17-16/h5-10H,1-4H3,(H,18,20). The summed E-state index contributed by atoms with van der Waals surface area (Å²) in [4.78, 5) is 15.2. The number of methoxy groups -OCH3 is 2. The van der Waals surface area contributed by atoms with Crippen LogP contribution in [0, 0.1) is 0 Å². The SMILES string of the molecule is COc1ccc(N(C)S(=O)(=O)c2cc(NC(C)=O)ccc2OC)nc1. The summed E-state index contributed by atoms with van der Waals surface area (Å²) in [5.41, 5.74) is 0.350. The average molecular weight is 365 g/mol.